The van der Waals surface area contributed by atoms with Crippen molar-refractivity contribution < 1.29 is 4.52 Å². The Balaban J connectivity index is 2.42. The van der Waals surface area contributed by atoms with E-state index in [1.165, 1.54) is 5.56 Å². The van der Waals surface area contributed by atoms with E-state index in [1.54, 1.807) is 0 Å². The summed E-state index contributed by atoms with van der Waals surface area (Å²) >= 11 is 0. The minimum atomic E-state index is 0.840. The van der Waals surface area contributed by atoms with Crippen LogP contribution in [0.3, 0.4) is 0 Å². The third-order valence-corrected chi connectivity index (χ3v) is 1.85. The van der Waals surface area contributed by atoms with E-state index in [4.69, 9.17) is 4.52 Å². The molecule has 0 aliphatic carbocycles. The maximum atomic E-state index is 5.13. The molecule has 2 rings (SSSR count). The highest BCUT2D eigenvalue weighted by Gasteiger charge is 2.21. The van der Waals surface area contributed by atoms with Gasteiger partial charge in [0.2, 0.25) is 5.88 Å². The third kappa shape index (κ3) is 0.903. The number of hydrogen-bond acceptors (Lipinski definition) is 4. The van der Waals surface area contributed by atoms with Crippen LogP contribution in [0.2, 0.25) is 0 Å². The lowest BCUT2D eigenvalue weighted by molar-refractivity contribution is 0.410. The third-order valence-electron chi connectivity index (χ3n) is 1.85. The van der Waals surface area contributed by atoms with Gasteiger partial charge in [0.05, 0.1) is 5.56 Å². The molecule has 0 saturated heterocycles. The van der Waals surface area contributed by atoms with Crippen molar-refractivity contribution in [3.05, 3.63) is 11.3 Å². The van der Waals surface area contributed by atoms with Gasteiger partial charge in [-0.1, -0.05) is 5.16 Å². The molecular formula is C7H11N3O. The Kier molecular flexibility index (Phi) is 1.35. The first-order valence-corrected chi connectivity index (χ1v) is 3.64. The number of nitrogens with one attached hydrogen (secondary N) is 1. The molecule has 1 aliphatic rings. The highest BCUT2D eigenvalue weighted by atomic mass is 16.5. The maximum Gasteiger partial charge on any atom is 0.231 e. The molecule has 1 aromatic rings. The van der Waals surface area contributed by atoms with Crippen LogP contribution in [-0.4, -0.2) is 19.3 Å². The van der Waals surface area contributed by atoms with E-state index >= 15 is 0 Å². The molecule has 11 heavy (non-hydrogen) atoms. The van der Waals surface area contributed by atoms with Crippen molar-refractivity contribution in [2.75, 3.05) is 19.0 Å². The first-order valence-electron chi connectivity index (χ1n) is 3.64. The van der Waals surface area contributed by atoms with Crippen LogP contribution in [0.5, 0.6) is 0 Å². The fourth-order valence-corrected chi connectivity index (χ4v) is 1.31. The minimum Gasteiger partial charge on any atom is -0.346 e. The van der Waals surface area contributed by atoms with E-state index < -0.39 is 0 Å². The van der Waals surface area contributed by atoms with Crippen LogP contribution in [0.4, 0.5) is 5.88 Å². The molecule has 1 aromatic heterocycles. The molecule has 2 heterocycles. The number of fused-ring (bicyclic) bond motifs is 1. The van der Waals surface area contributed by atoms with Gasteiger partial charge in [-0.2, -0.15) is 0 Å². The van der Waals surface area contributed by atoms with Crippen LogP contribution in [-0.2, 0) is 13.1 Å². The van der Waals surface area contributed by atoms with Gasteiger partial charge in [0, 0.05) is 27.2 Å². The fraction of sp³-hybridized carbons (Fsp3) is 0.571. The van der Waals surface area contributed by atoms with Gasteiger partial charge in [-0.05, 0) is 0 Å². The van der Waals surface area contributed by atoms with Crippen molar-refractivity contribution in [1.29, 1.82) is 0 Å². The highest BCUT2D eigenvalue weighted by molar-refractivity contribution is 5.46. The van der Waals surface area contributed by atoms with E-state index in [-0.39, 0.29) is 0 Å². The lowest BCUT2D eigenvalue weighted by Crippen LogP contribution is -2.10. The molecule has 0 atom stereocenters. The Morgan fingerprint density at radius 3 is 3.00 bits per heavy atom. The normalized spacial score (nSPS) is 15.1. The zero-order chi connectivity index (χ0) is 7.84. The average molecular weight is 153 g/mol. The van der Waals surface area contributed by atoms with Crippen molar-refractivity contribution >= 4 is 5.88 Å². The summed E-state index contributed by atoms with van der Waals surface area (Å²) < 4.78 is 5.13. The summed E-state index contributed by atoms with van der Waals surface area (Å²) in [5.41, 5.74) is 2.25. The van der Waals surface area contributed by atoms with Crippen LogP contribution in [0.1, 0.15) is 11.3 Å². The zero-order valence-corrected chi connectivity index (χ0v) is 6.72. The quantitative estimate of drug-likeness (QED) is 0.631. The summed E-state index contributed by atoms with van der Waals surface area (Å²) in [7, 11) is 3.91. The zero-order valence-electron chi connectivity index (χ0n) is 6.72. The molecule has 0 bridgehead atoms. The van der Waals surface area contributed by atoms with E-state index in [0.717, 1.165) is 24.7 Å². The number of hydrogen-bond donors (Lipinski definition) is 1. The standard InChI is InChI=1S/C7H11N3O/c1-10(2)7-5-3-8-4-6(5)9-11-7/h8H,3-4H2,1-2H3. The minimum absolute atomic E-state index is 0.840. The molecule has 0 fully saturated rings. The molecule has 60 valence electrons. The second-order valence-corrected chi connectivity index (χ2v) is 2.91. The molecule has 4 heteroatoms. The van der Waals surface area contributed by atoms with E-state index in [2.05, 4.69) is 10.5 Å². The van der Waals surface area contributed by atoms with Gasteiger partial charge in [0.15, 0.2) is 0 Å². The van der Waals surface area contributed by atoms with Crippen molar-refractivity contribution in [1.82, 2.24) is 10.5 Å². The van der Waals surface area contributed by atoms with E-state index in [0.29, 0.717) is 0 Å². The van der Waals surface area contributed by atoms with Crippen molar-refractivity contribution in [3.63, 3.8) is 0 Å². The van der Waals surface area contributed by atoms with E-state index in [1.807, 2.05) is 19.0 Å². The van der Waals surface area contributed by atoms with Crippen LogP contribution in [0, 0.1) is 0 Å². The van der Waals surface area contributed by atoms with Gasteiger partial charge in [-0.25, -0.2) is 0 Å². The summed E-state index contributed by atoms with van der Waals surface area (Å²) in [6.45, 7) is 1.72. The Labute approximate surface area is 65.2 Å². The first-order chi connectivity index (χ1) is 5.29. The van der Waals surface area contributed by atoms with Gasteiger partial charge in [0.25, 0.3) is 0 Å². The van der Waals surface area contributed by atoms with Gasteiger partial charge >= 0.3 is 0 Å². The summed E-state index contributed by atoms with van der Waals surface area (Å²) in [6.07, 6.45) is 0. The molecule has 1 aliphatic heterocycles. The number of nitrogens with zero attached hydrogens (tertiary/aromatic N) is 2. The fourth-order valence-electron chi connectivity index (χ4n) is 1.31. The summed E-state index contributed by atoms with van der Waals surface area (Å²) in [6, 6.07) is 0. The van der Waals surface area contributed by atoms with Gasteiger partial charge in [-0.3, -0.25) is 0 Å². The topological polar surface area (TPSA) is 41.3 Å². The highest BCUT2D eigenvalue weighted by Crippen LogP contribution is 2.25. The lowest BCUT2D eigenvalue weighted by atomic mass is 10.3. The predicted molar refractivity (Wildman–Crippen MR) is 41.4 cm³/mol. The van der Waals surface area contributed by atoms with E-state index in [9.17, 15) is 0 Å². The summed E-state index contributed by atoms with van der Waals surface area (Å²) in [5, 5.41) is 7.15. The molecule has 0 aromatic carbocycles. The van der Waals surface area contributed by atoms with Crippen molar-refractivity contribution in [2.45, 2.75) is 13.1 Å². The van der Waals surface area contributed by atoms with Crippen molar-refractivity contribution in [2.24, 2.45) is 0 Å². The summed E-state index contributed by atoms with van der Waals surface area (Å²) in [4.78, 5) is 1.94. The van der Waals surface area contributed by atoms with Crippen LogP contribution >= 0.6 is 0 Å². The molecule has 0 amide bonds. The Morgan fingerprint density at radius 2 is 2.27 bits per heavy atom. The Hall–Kier alpha value is -1.03. The number of aromatic nitrogens is 1. The van der Waals surface area contributed by atoms with Gasteiger partial charge in [-0.15, -0.1) is 0 Å². The molecule has 0 unspecified atom stereocenters. The predicted octanol–water partition coefficient (Wildman–Crippen LogP) is 0.344. The van der Waals surface area contributed by atoms with Crippen LogP contribution in [0.25, 0.3) is 0 Å². The molecule has 0 saturated carbocycles. The second-order valence-electron chi connectivity index (χ2n) is 2.91. The average Bonchev–Trinajstić information content (AvgIpc) is 2.41. The Bertz CT molecular complexity index is 267. The lowest BCUT2D eigenvalue weighted by Gasteiger charge is -2.07. The van der Waals surface area contributed by atoms with Crippen LogP contribution < -0.4 is 10.2 Å². The second kappa shape index (κ2) is 2.23. The number of anilines is 1. The monoisotopic (exact) mass is 153 g/mol. The Morgan fingerprint density at radius 1 is 1.45 bits per heavy atom. The maximum absolute atomic E-state index is 5.13. The molecule has 0 radical (unpaired) electrons. The smallest absolute Gasteiger partial charge is 0.231 e. The van der Waals surface area contributed by atoms with Gasteiger partial charge < -0.3 is 14.7 Å². The summed E-state index contributed by atoms with van der Waals surface area (Å²) in [5.74, 6) is 0.880. The van der Waals surface area contributed by atoms with Crippen LogP contribution in [0.15, 0.2) is 4.52 Å². The number of rotatable bonds is 1. The molecule has 1 N–H and O–H groups in total. The molecule has 4 nitrogen and oxygen atoms in total. The van der Waals surface area contributed by atoms with Crippen molar-refractivity contribution in [3.8, 4) is 0 Å². The molecular weight excluding hydrogens is 142 g/mol. The first kappa shape index (κ1) is 6.67. The van der Waals surface area contributed by atoms with Gasteiger partial charge in [0.1, 0.15) is 5.69 Å². The largest absolute Gasteiger partial charge is 0.346 e. The SMILES string of the molecule is CN(C)c1onc2c1CNC2. The molecule has 0 spiro atoms.